The maximum atomic E-state index is 10.3. The molecule has 0 aliphatic carbocycles. The Kier molecular flexibility index (Phi) is 6.38. The van der Waals surface area contributed by atoms with E-state index in [1.54, 1.807) is 0 Å². The number of aliphatic carboxylic acids is 1. The molecule has 1 atom stereocenters. The predicted molar refractivity (Wildman–Crippen MR) is 48.9 cm³/mol. The summed E-state index contributed by atoms with van der Waals surface area (Å²) in [7, 11) is 0. The quantitative estimate of drug-likeness (QED) is 0.596. The summed E-state index contributed by atoms with van der Waals surface area (Å²) in [5.41, 5.74) is 5.30. The van der Waals surface area contributed by atoms with Crippen LogP contribution < -0.4 is 5.73 Å². The lowest BCUT2D eigenvalue weighted by Crippen LogP contribution is -2.29. The van der Waals surface area contributed by atoms with Gasteiger partial charge in [-0.15, -0.1) is 0 Å². The van der Waals surface area contributed by atoms with Gasteiger partial charge in [0.15, 0.2) is 0 Å². The van der Waals surface area contributed by atoms with E-state index in [1.807, 2.05) is 6.08 Å². The summed E-state index contributed by atoms with van der Waals surface area (Å²) in [5, 5.41) is 8.44. The molecule has 0 aromatic carbocycles. The van der Waals surface area contributed by atoms with E-state index >= 15 is 0 Å². The smallest absolute Gasteiger partial charge is 0.320 e. The highest BCUT2D eigenvalue weighted by atomic mass is 16.4. The standard InChI is InChI=1S/C9H17NO2/c1-2-3-4-5-6-7-8(10)9(11)12/h4-5,8H,2-3,6-7,10H2,1H3,(H,11,12). The molecule has 0 aliphatic rings. The summed E-state index contributed by atoms with van der Waals surface area (Å²) in [6, 6.07) is -0.712. The summed E-state index contributed by atoms with van der Waals surface area (Å²) in [5.74, 6) is -0.918. The third-order valence-electron chi connectivity index (χ3n) is 1.58. The molecule has 0 heterocycles. The fourth-order valence-electron chi connectivity index (χ4n) is 0.802. The van der Waals surface area contributed by atoms with E-state index in [1.165, 1.54) is 0 Å². The number of carboxylic acid groups (broad SMARTS) is 1. The molecule has 0 aliphatic heterocycles. The molecule has 12 heavy (non-hydrogen) atoms. The minimum absolute atomic E-state index is 0.523. The lowest BCUT2D eigenvalue weighted by Gasteiger charge is -2.01. The first-order chi connectivity index (χ1) is 5.68. The second kappa shape index (κ2) is 6.85. The first-order valence-electron chi connectivity index (χ1n) is 4.31. The molecular weight excluding hydrogens is 154 g/mol. The molecule has 0 spiro atoms. The number of carbonyl (C=O) groups is 1. The summed E-state index contributed by atoms with van der Waals surface area (Å²) >= 11 is 0. The molecule has 0 aromatic rings. The van der Waals surface area contributed by atoms with Crippen LogP contribution >= 0.6 is 0 Å². The van der Waals surface area contributed by atoms with Crippen LogP contribution in [-0.4, -0.2) is 17.1 Å². The number of allylic oxidation sites excluding steroid dienone is 2. The minimum atomic E-state index is -0.918. The highest BCUT2D eigenvalue weighted by molar-refractivity contribution is 5.72. The lowest BCUT2D eigenvalue weighted by molar-refractivity contribution is -0.138. The maximum Gasteiger partial charge on any atom is 0.320 e. The Bertz CT molecular complexity index is 155. The Morgan fingerprint density at radius 2 is 2.08 bits per heavy atom. The average Bonchev–Trinajstić information content (AvgIpc) is 2.03. The van der Waals surface area contributed by atoms with Crippen LogP contribution in [0.4, 0.5) is 0 Å². The van der Waals surface area contributed by atoms with Crippen molar-refractivity contribution < 1.29 is 9.90 Å². The second-order valence-corrected chi connectivity index (χ2v) is 2.78. The van der Waals surface area contributed by atoms with Crippen LogP contribution in [0.2, 0.25) is 0 Å². The fraction of sp³-hybridized carbons (Fsp3) is 0.667. The van der Waals surface area contributed by atoms with Crippen LogP contribution in [0.15, 0.2) is 12.2 Å². The topological polar surface area (TPSA) is 63.3 Å². The van der Waals surface area contributed by atoms with Crippen LogP contribution in [0.1, 0.15) is 32.6 Å². The van der Waals surface area contributed by atoms with E-state index in [2.05, 4.69) is 13.0 Å². The van der Waals surface area contributed by atoms with Gasteiger partial charge in [-0.2, -0.15) is 0 Å². The van der Waals surface area contributed by atoms with Gasteiger partial charge in [0.1, 0.15) is 6.04 Å². The largest absolute Gasteiger partial charge is 0.480 e. The molecule has 1 unspecified atom stereocenters. The van der Waals surface area contributed by atoms with E-state index in [0.29, 0.717) is 6.42 Å². The van der Waals surface area contributed by atoms with E-state index in [0.717, 1.165) is 19.3 Å². The van der Waals surface area contributed by atoms with E-state index in [-0.39, 0.29) is 0 Å². The molecular formula is C9H17NO2. The Morgan fingerprint density at radius 1 is 1.50 bits per heavy atom. The van der Waals surface area contributed by atoms with Crippen molar-refractivity contribution in [2.75, 3.05) is 0 Å². The van der Waals surface area contributed by atoms with Crippen LogP contribution in [0.25, 0.3) is 0 Å². The van der Waals surface area contributed by atoms with E-state index in [4.69, 9.17) is 10.8 Å². The molecule has 70 valence electrons. The first kappa shape index (κ1) is 11.2. The number of hydrogen-bond acceptors (Lipinski definition) is 2. The average molecular weight is 171 g/mol. The molecule has 0 saturated heterocycles. The van der Waals surface area contributed by atoms with Gasteiger partial charge in [-0.3, -0.25) is 4.79 Å². The molecule has 3 N–H and O–H groups in total. The van der Waals surface area contributed by atoms with Gasteiger partial charge in [0.05, 0.1) is 0 Å². The van der Waals surface area contributed by atoms with Gasteiger partial charge in [0.2, 0.25) is 0 Å². The normalized spacial score (nSPS) is 13.5. The van der Waals surface area contributed by atoms with Gasteiger partial charge < -0.3 is 10.8 Å². The lowest BCUT2D eigenvalue weighted by atomic mass is 10.1. The molecule has 0 saturated carbocycles. The van der Waals surface area contributed by atoms with Crippen LogP contribution in [0, 0.1) is 0 Å². The third-order valence-corrected chi connectivity index (χ3v) is 1.58. The van der Waals surface area contributed by atoms with Crippen molar-refractivity contribution in [1.29, 1.82) is 0 Å². The Morgan fingerprint density at radius 3 is 2.58 bits per heavy atom. The van der Waals surface area contributed by atoms with Crippen molar-refractivity contribution in [2.45, 2.75) is 38.6 Å². The van der Waals surface area contributed by atoms with Crippen molar-refractivity contribution in [2.24, 2.45) is 5.73 Å². The summed E-state index contributed by atoms with van der Waals surface area (Å²) in [6.07, 6.45) is 7.52. The molecule has 0 radical (unpaired) electrons. The molecule has 0 bridgehead atoms. The zero-order valence-corrected chi connectivity index (χ0v) is 7.49. The minimum Gasteiger partial charge on any atom is -0.480 e. The highest BCUT2D eigenvalue weighted by Crippen LogP contribution is 1.98. The van der Waals surface area contributed by atoms with Crippen molar-refractivity contribution in [3.63, 3.8) is 0 Å². The van der Waals surface area contributed by atoms with E-state index < -0.39 is 12.0 Å². The first-order valence-corrected chi connectivity index (χ1v) is 4.31. The molecule has 0 amide bonds. The summed E-state index contributed by atoms with van der Waals surface area (Å²) in [6.45, 7) is 2.10. The van der Waals surface area contributed by atoms with Gasteiger partial charge in [-0.25, -0.2) is 0 Å². The highest BCUT2D eigenvalue weighted by Gasteiger charge is 2.08. The zero-order chi connectivity index (χ0) is 9.40. The summed E-state index contributed by atoms with van der Waals surface area (Å²) < 4.78 is 0. The Labute approximate surface area is 73.3 Å². The van der Waals surface area contributed by atoms with Gasteiger partial charge >= 0.3 is 5.97 Å². The number of unbranched alkanes of at least 4 members (excludes halogenated alkanes) is 1. The van der Waals surface area contributed by atoms with Crippen molar-refractivity contribution in [3.05, 3.63) is 12.2 Å². The number of rotatable bonds is 6. The van der Waals surface area contributed by atoms with Gasteiger partial charge in [-0.05, 0) is 19.3 Å². The molecule has 3 heteroatoms. The number of hydrogen-bond donors (Lipinski definition) is 2. The summed E-state index contributed by atoms with van der Waals surface area (Å²) in [4.78, 5) is 10.3. The fourth-order valence-corrected chi connectivity index (χ4v) is 0.802. The molecule has 0 fully saturated rings. The Balaban J connectivity index is 3.36. The number of carboxylic acids is 1. The zero-order valence-electron chi connectivity index (χ0n) is 7.49. The SMILES string of the molecule is CCCC=CCCC(N)C(=O)O. The molecule has 0 aromatic heterocycles. The van der Waals surface area contributed by atoms with Crippen molar-refractivity contribution in [1.82, 2.24) is 0 Å². The van der Waals surface area contributed by atoms with Crippen molar-refractivity contribution >= 4 is 5.97 Å². The van der Waals surface area contributed by atoms with E-state index in [9.17, 15) is 4.79 Å². The predicted octanol–water partition coefficient (Wildman–Crippen LogP) is 1.53. The molecule has 0 rings (SSSR count). The van der Waals surface area contributed by atoms with Crippen LogP contribution in [0.3, 0.4) is 0 Å². The third kappa shape index (κ3) is 5.92. The monoisotopic (exact) mass is 171 g/mol. The van der Waals surface area contributed by atoms with Crippen molar-refractivity contribution in [3.8, 4) is 0 Å². The molecule has 3 nitrogen and oxygen atoms in total. The van der Waals surface area contributed by atoms with Gasteiger partial charge in [0.25, 0.3) is 0 Å². The Hall–Kier alpha value is -0.830. The van der Waals surface area contributed by atoms with Gasteiger partial charge in [-0.1, -0.05) is 25.5 Å². The second-order valence-electron chi connectivity index (χ2n) is 2.78. The van der Waals surface area contributed by atoms with Gasteiger partial charge in [0, 0.05) is 0 Å². The van der Waals surface area contributed by atoms with Crippen LogP contribution in [0.5, 0.6) is 0 Å². The maximum absolute atomic E-state index is 10.3. The van der Waals surface area contributed by atoms with Crippen LogP contribution in [-0.2, 0) is 4.79 Å². The number of nitrogens with two attached hydrogens (primary N) is 1.